The molecule has 32 heavy (non-hydrogen) atoms. The molecule has 1 heterocycles. The van der Waals surface area contributed by atoms with E-state index in [4.69, 9.17) is 4.74 Å². The van der Waals surface area contributed by atoms with Crippen molar-refractivity contribution in [2.75, 3.05) is 32.7 Å². The molecule has 0 radical (unpaired) electrons. The fourth-order valence-electron chi connectivity index (χ4n) is 3.73. The Kier molecular flexibility index (Phi) is 9.07. The summed E-state index contributed by atoms with van der Waals surface area (Å²) in [5.41, 5.74) is -0.849. The topological polar surface area (TPSA) is 102 Å². The number of aliphatic hydroxyl groups is 2. The van der Waals surface area contributed by atoms with Gasteiger partial charge >= 0.3 is 6.09 Å². The molecular weight excluding hydrogens is 410 g/mol. The molecule has 180 valence electrons. The van der Waals surface area contributed by atoms with Crippen LogP contribution in [-0.4, -0.2) is 82.2 Å². The second-order valence-electron chi connectivity index (χ2n) is 10.1. The standard InChI is InChI=1S/C24H39N3O5/c1-23(2,3)32-22(30)27-13-11-26(12-14-27)17-20(28)16-19(21(29)25-24(4,5)31)15-18-9-7-6-8-10-18/h6-10,19-20,28,31H,11-17H2,1-5H3,(H,25,29)/t19-,20+/m1/s1. The van der Waals surface area contributed by atoms with E-state index in [-0.39, 0.29) is 18.4 Å². The largest absolute Gasteiger partial charge is 0.444 e. The van der Waals surface area contributed by atoms with E-state index in [1.165, 1.54) is 13.8 Å². The lowest BCUT2D eigenvalue weighted by molar-refractivity contribution is -0.132. The molecule has 8 heteroatoms. The van der Waals surface area contributed by atoms with Gasteiger partial charge in [0.1, 0.15) is 11.3 Å². The van der Waals surface area contributed by atoms with Crippen LogP contribution in [0.15, 0.2) is 30.3 Å². The van der Waals surface area contributed by atoms with E-state index in [1.54, 1.807) is 4.90 Å². The van der Waals surface area contributed by atoms with Crippen molar-refractivity contribution >= 4 is 12.0 Å². The number of nitrogens with one attached hydrogen (secondary N) is 1. The van der Waals surface area contributed by atoms with Gasteiger partial charge in [0.05, 0.1) is 6.10 Å². The number of ether oxygens (including phenoxy) is 1. The van der Waals surface area contributed by atoms with Crippen molar-refractivity contribution in [2.45, 2.75) is 64.9 Å². The average molecular weight is 450 g/mol. The van der Waals surface area contributed by atoms with Gasteiger partial charge in [-0.25, -0.2) is 4.79 Å². The highest BCUT2D eigenvalue weighted by Gasteiger charge is 2.29. The van der Waals surface area contributed by atoms with Gasteiger partial charge in [0.25, 0.3) is 0 Å². The Morgan fingerprint density at radius 3 is 2.19 bits per heavy atom. The van der Waals surface area contributed by atoms with Crippen LogP contribution in [0.4, 0.5) is 4.79 Å². The number of aliphatic hydroxyl groups excluding tert-OH is 1. The molecule has 8 nitrogen and oxygen atoms in total. The SMILES string of the molecule is CC(C)(O)NC(=O)[C@H](Cc1ccccc1)C[C@H](O)CN1CCN(C(=O)OC(C)(C)C)CC1. The molecule has 3 N–H and O–H groups in total. The number of carbonyl (C=O) groups excluding carboxylic acids is 2. The van der Waals surface area contributed by atoms with Crippen molar-refractivity contribution in [3.05, 3.63) is 35.9 Å². The quantitative estimate of drug-likeness (QED) is 0.525. The van der Waals surface area contributed by atoms with E-state index in [2.05, 4.69) is 10.2 Å². The summed E-state index contributed by atoms with van der Waals surface area (Å²) < 4.78 is 5.42. The zero-order valence-corrected chi connectivity index (χ0v) is 20.0. The van der Waals surface area contributed by atoms with E-state index in [0.29, 0.717) is 39.1 Å². The minimum atomic E-state index is -1.32. The Morgan fingerprint density at radius 2 is 1.66 bits per heavy atom. The molecule has 1 aliphatic heterocycles. The molecule has 0 aromatic heterocycles. The predicted molar refractivity (Wildman–Crippen MR) is 123 cm³/mol. The lowest BCUT2D eigenvalue weighted by atomic mass is 9.92. The number of hydrogen-bond acceptors (Lipinski definition) is 6. The van der Waals surface area contributed by atoms with Gasteiger partial charge in [0, 0.05) is 38.6 Å². The first-order chi connectivity index (χ1) is 14.8. The maximum Gasteiger partial charge on any atom is 0.410 e. The first-order valence-electron chi connectivity index (χ1n) is 11.3. The van der Waals surface area contributed by atoms with Crippen molar-refractivity contribution < 1.29 is 24.5 Å². The van der Waals surface area contributed by atoms with E-state index >= 15 is 0 Å². The van der Waals surface area contributed by atoms with Gasteiger partial charge in [-0.3, -0.25) is 9.69 Å². The van der Waals surface area contributed by atoms with Gasteiger partial charge in [0.2, 0.25) is 5.91 Å². The fourth-order valence-corrected chi connectivity index (χ4v) is 3.73. The second kappa shape index (κ2) is 11.1. The van der Waals surface area contributed by atoms with Gasteiger partial charge in [0.15, 0.2) is 0 Å². The van der Waals surface area contributed by atoms with Crippen LogP contribution < -0.4 is 5.32 Å². The number of β-amino-alcohol motifs (C(OH)–C–C–N with tert-alkyl or cyclic N) is 1. The molecular formula is C24H39N3O5. The lowest BCUT2D eigenvalue weighted by Crippen LogP contribution is -2.52. The van der Waals surface area contributed by atoms with Gasteiger partial charge < -0.3 is 25.2 Å². The molecule has 0 saturated carbocycles. The molecule has 1 aromatic carbocycles. The van der Waals surface area contributed by atoms with E-state index in [1.807, 2.05) is 51.1 Å². The van der Waals surface area contributed by atoms with Crippen molar-refractivity contribution in [3.8, 4) is 0 Å². The van der Waals surface area contributed by atoms with Crippen molar-refractivity contribution in [1.29, 1.82) is 0 Å². The molecule has 0 unspecified atom stereocenters. The minimum absolute atomic E-state index is 0.281. The van der Waals surface area contributed by atoms with Gasteiger partial charge in [-0.1, -0.05) is 30.3 Å². The summed E-state index contributed by atoms with van der Waals surface area (Å²) in [6.45, 7) is 11.3. The van der Waals surface area contributed by atoms with Crippen molar-refractivity contribution in [3.63, 3.8) is 0 Å². The van der Waals surface area contributed by atoms with Crippen LogP contribution in [0.3, 0.4) is 0 Å². The molecule has 1 aliphatic rings. The number of benzene rings is 1. The summed E-state index contributed by atoms with van der Waals surface area (Å²) in [5.74, 6) is -0.753. The van der Waals surface area contributed by atoms with Gasteiger partial charge in [-0.05, 0) is 53.0 Å². The van der Waals surface area contributed by atoms with E-state index in [0.717, 1.165) is 5.56 Å². The molecule has 2 rings (SSSR count). The second-order valence-corrected chi connectivity index (χ2v) is 10.1. The average Bonchev–Trinajstić information content (AvgIpc) is 2.66. The van der Waals surface area contributed by atoms with E-state index < -0.39 is 23.3 Å². The number of amides is 2. The molecule has 0 spiro atoms. The molecule has 2 atom stereocenters. The molecule has 0 bridgehead atoms. The smallest absolute Gasteiger partial charge is 0.410 e. The third kappa shape index (κ3) is 9.54. The Balaban J connectivity index is 1.90. The Morgan fingerprint density at radius 1 is 1.06 bits per heavy atom. The lowest BCUT2D eigenvalue weighted by Gasteiger charge is -2.36. The molecule has 0 aliphatic carbocycles. The van der Waals surface area contributed by atoms with Crippen LogP contribution in [0.5, 0.6) is 0 Å². The van der Waals surface area contributed by atoms with Crippen molar-refractivity contribution in [2.24, 2.45) is 5.92 Å². The normalized spacial score (nSPS) is 17.5. The summed E-state index contributed by atoms with van der Waals surface area (Å²) in [5, 5.41) is 23.3. The minimum Gasteiger partial charge on any atom is -0.444 e. The zero-order valence-electron chi connectivity index (χ0n) is 20.0. The number of rotatable bonds is 8. The third-order valence-corrected chi connectivity index (χ3v) is 5.17. The summed E-state index contributed by atoms with van der Waals surface area (Å²) in [6.07, 6.45) is -0.261. The Hall–Kier alpha value is -2.16. The highest BCUT2D eigenvalue weighted by atomic mass is 16.6. The summed E-state index contributed by atoms with van der Waals surface area (Å²) in [7, 11) is 0. The highest BCUT2D eigenvalue weighted by molar-refractivity contribution is 5.79. The fraction of sp³-hybridized carbons (Fsp3) is 0.667. The Bertz CT molecular complexity index is 734. The van der Waals surface area contributed by atoms with Gasteiger partial charge in [-0.2, -0.15) is 0 Å². The highest BCUT2D eigenvalue weighted by Crippen LogP contribution is 2.18. The van der Waals surface area contributed by atoms with Crippen LogP contribution in [0.25, 0.3) is 0 Å². The van der Waals surface area contributed by atoms with Crippen LogP contribution in [0.1, 0.15) is 46.6 Å². The van der Waals surface area contributed by atoms with Crippen LogP contribution in [0.2, 0.25) is 0 Å². The monoisotopic (exact) mass is 449 g/mol. The number of nitrogens with zero attached hydrogens (tertiary/aromatic N) is 2. The van der Waals surface area contributed by atoms with Crippen LogP contribution >= 0.6 is 0 Å². The summed E-state index contributed by atoms with van der Waals surface area (Å²) in [4.78, 5) is 28.8. The van der Waals surface area contributed by atoms with Gasteiger partial charge in [-0.15, -0.1) is 0 Å². The maximum absolute atomic E-state index is 12.8. The van der Waals surface area contributed by atoms with E-state index in [9.17, 15) is 19.8 Å². The molecule has 2 amide bonds. The number of piperazine rings is 1. The first kappa shape index (κ1) is 26.1. The summed E-state index contributed by atoms with van der Waals surface area (Å²) in [6, 6.07) is 9.65. The summed E-state index contributed by atoms with van der Waals surface area (Å²) >= 11 is 0. The molecule has 1 aromatic rings. The predicted octanol–water partition coefficient (Wildman–Crippen LogP) is 1.99. The number of carbonyl (C=O) groups is 2. The Labute approximate surface area is 191 Å². The number of hydrogen-bond donors (Lipinski definition) is 3. The molecule has 1 fully saturated rings. The zero-order chi connectivity index (χ0) is 23.9. The van der Waals surface area contributed by atoms with Crippen LogP contribution in [0, 0.1) is 5.92 Å². The molecule has 1 saturated heterocycles. The first-order valence-corrected chi connectivity index (χ1v) is 11.3. The third-order valence-electron chi connectivity index (χ3n) is 5.17. The van der Waals surface area contributed by atoms with Crippen LogP contribution in [-0.2, 0) is 16.0 Å². The maximum atomic E-state index is 12.8. The van der Waals surface area contributed by atoms with Crippen molar-refractivity contribution in [1.82, 2.24) is 15.1 Å².